The molecule has 0 aromatic heterocycles. The van der Waals surface area contributed by atoms with E-state index >= 15 is 0 Å². The predicted molar refractivity (Wildman–Crippen MR) is 128 cm³/mol. The van der Waals surface area contributed by atoms with E-state index in [2.05, 4.69) is 27.7 Å². The Kier molecular flexibility index (Phi) is 8.25. The molecule has 176 valence electrons. The second-order valence-corrected chi connectivity index (χ2v) is 8.64. The summed E-state index contributed by atoms with van der Waals surface area (Å²) in [6, 6.07) is 3.32. The van der Waals surface area contributed by atoms with Crippen LogP contribution in [-0.2, 0) is 12.8 Å². The van der Waals surface area contributed by atoms with Crippen molar-refractivity contribution >= 4 is 17.2 Å². The number of hydrogen-bond acceptors (Lipinski definition) is 7. The SMILES string of the molecule is COc1c(N)cc(C(=O)c2cc(N)c(OC)c(OC)c2CC(C)C)c(CC(C)C)c1OC. The fourth-order valence-corrected chi connectivity index (χ4v) is 4.02. The van der Waals surface area contributed by atoms with Gasteiger partial charge in [-0.2, -0.15) is 0 Å². The number of methoxy groups -OCH3 is 4. The van der Waals surface area contributed by atoms with E-state index in [0.717, 1.165) is 11.1 Å². The van der Waals surface area contributed by atoms with E-state index in [0.29, 0.717) is 58.3 Å². The van der Waals surface area contributed by atoms with Crippen molar-refractivity contribution in [1.82, 2.24) is 0 Å². The minimum Gasteiger partial charge on any atom is -0.492 e. The number of rotatable bonds is 10. The Morgan fingerprint density at radius 3 is 1.25 bits per heavy atom. The van der Waals surface area contributed by atoms with Gasteiger partial charge in [0.15, 0.2) is 28.8 Å². The summed E-state index contributed by atoms with van der Waals surface area (Å²) in [7, 11) is 6.16. The van der Waals surface area contributed by atoms with Crippen LogP contribution in [0.4, 0.5) is 11.4 Å². The maximum atomic E-state index is 14.0. The quantitative estimate of drug-likeness (QED) is 0.410. The fourth-order valence-electron chi connectivity index (χ4n) is 4.02. The summed E-state index contributed by atoms with van der Waals surface area (Å²) >= 11 is 0. The van der Waals surface area contributed by atoms with Crippen LogP contribution in [0.25, 0.3) is 0 Å². The number of ketones is 1. The molecule has 0 aliphatic heterocycles. The Hall–Kier alpha value is -3.09. The van der Waals surface area contributed by atoms with E-state index in [-0.39, 0.29) is 17.6 Å². The van der Waals surface area contributed by atoms with Gasteiger partial charge in [0.25, 0.3) is 0 Å². The molecule has 0 atom stereocenters. The maximum Gasteiger partial charge on any atom is 0.194 e. The highest BCUT2D eigenvalue weighted by molar-refractivity contribution is 6.13. The molecule has 2 rings (SSSR count). The van der Waals surface area contributed by atoms with Gasteiger partial charge in [0.1, 0.15) is 0 Å². The lowest BCUT2D eigenvalue weighted by Crippen LogP contribution is -2.15. The lowest BCUT2D eigenvalue weighted by Gasteiger charge is -2.22. The summed E-state index contributed by atoms with van der Waals surface area (Å²) in [6.45, 7) is 8.31. The summed E-state index contributed by atoms with van der Waals surface area (Å²) in [5.74, 6) is 2.15. The predicted octanol–water partition coefficient (Wildman–Crippen LogP) is 4.51. The van der Waals surface area contributed by atoms with Crippen LogP contribution in [0.5, 0.6) is 23.0 Å². The van der Waals surface area contributed by atoms with Gasteiger partial charge in [-0.05, 0) is 36.8 Å². The maximum absolute atomic E-state index is 14.0. The van der Waals surface area contributed by atoms with Gasteiger partial charge in [-0.25, -0.2) is 0 Å². The van der Waals surface area contributed by atoms with Crippen LogP contribution in [0.3, 0.4) is 0 Å². The average Bonchev–Trinajstić information content (AvgIpc) is 2.73. The highest BCUT2D eigenvalue weighted by Crippen LogP contribution is 2.44. The molecule has 2 aromatic rings. The molecular weight excluding hydrogens is 408 g/mol. The second-order valence-electron chi connectivity index (χ2n) is 8.64. The van der Waals surface area contributed by atoms with Crippen molar-refractivity contribution in [3.8, 4) is 23.0 Å². The minimum absolute atomic E-state index is 0.198. The summed E-state index contributed by atoms with van der Waals surface area (Å²) in [5.41, 5.74) is 15.6. The third kappa shape index (κ3) is 4.87. The van der Waals surface area contributed by atoms with Crippen molar-refractivity contribution in [2.75, 3.05) is 39.9 Å². The molecule has 7 heteroatoms. The zero-order valence-electron chi connectivity index (χ0n) is 20.4. The lowest BCUT2D eigenvalue weighted by molar-refractivity contribution is 0.103. The molecule has 0 saturated carbocycles. The lowest BCUT2D eigenvalue weighted by atomic mass is 9.87. The van der Waals surface area contributed by atoms with Crippen LogP contribution in [0.2, 0.25) is 0 Å². The van der Waals surface area contributed by atoms with Gasteiger partial charge in [0.05, 0.1) is 39.8 Å². The van der Waals surface area contributed by atoms with Gasteiger partial charge >= 0.3 is 0 Å². The smallest absolute Gasteiger partial charge is 0.194 e. The van der Waals surface area contributed by atoms with Crippen molar-refractivity contribution in [2.45, 2.75) is 40.5 Å². The number of nitrogen functional groups attached to an aromatic ring is 2. The number of carbonyl (C=O) groups excluding carboxylic acids is 1. The molecule has 0 spiro atoms. The molecule has 4 N–H and O–H groups in total. The third-order valence-corrected chi connectivity index (χ3v) is 5.27. The van der Waals surface area contributed by atoms with Crippen LogP contribution >= 0.6 is 0 Å². The highest BCUT2D eigenvalue weighted by atomic mass is 16.5. The third-order valence-electron chi connectivity index (χ3n) is 5.27. The van der Waals surface area contributed by atoms with Gasteiger partial charge in [0, 0.05) is 22.3 Å². The van der Waals surface area contributed by atoms with Gasteiger partial charge in [0.2, 0.25) is 0 Å². The first-order valence-corrected chi connectivity index (χ1v) is 10.7. The standard InChI is InChI=1S/C25H36N2O5/c1-13(2)9-17-15(11-19(26)24(31-7)22(17)29-5)21(28)16-12-20(27)25(32-8)23(30-6)18(16)10-14(3)4/h11-14H,9-10,26-27H2,1-8H3. The summed E-state index contributed by atoms with van der Waals surface area (Å²) in [5, 5.41) is 0. The monoisotopic (exact) mass is 444 g/mol. The van der Waals surface area contributed by atoms with Crippen LogP contribution in [0.15, 0.2) is 12.1 Å². The number of benzene rings is 2. The van der Waals surface area contributed by atoms with E-state index < -0.39 is 0 Å². The minimum atomic E-state index is -0.198. The van der Waals surface area contributed by atoms with Gasteiger partial charge in [-0.15, -0.1) is 0 Å². The molecule has 2 aromatic carbocycles. The zero-order valence-corrected chi connectivity index (χ0v) is 20.4. The van der Waals surface area contributed by atoms with Crippen molar-refractivity contribution in [3.05, 3.63) is 34.4 Å². The molecule has 0 aliphatic rings. The molecular formula is C25H36N2O5. The first-order chi connectivity index (χ1) is 15.1. The van der Waals surface area contributed by atoms with Crippen LogP contribution in [0.1, 0.15) is 54.7 Å². The molecule has 0 aliphatic carbocycles. The Morgan fingerprint density at radius 1 is 0.688 bits per heavy atom. The highest BCUT2D eigenvalue weighted by Gasteiger charge is 2.28. The van der Waals surface area contributed by atoms with Gasteiger partial charge in [-0.3, -0.25) is 4.79 Å². The number of anilines is 2. The number of hydrogen-bond donors (Lipinski definition) is 2. The van der Waals surface area contributed by atoms with E-state index in [1.54, 1.807) is 26.4 Å². The molecule has 0 bridgehead atoms. The molecule has 0 saturated heterocycles. The average molecular weight is 445 g/mol. The molecule has 0 fully saturated rings. The molecule has 7 nitrogen and oxygen atoms in total. The molecule has 0 amide bonds. The van der Waals surface area contributed by atoms with Gasteiger partial charge < -0.3 is 30.4 Å². The Labute approximate surface area is 191 Å². The van der Waals surface area contributed by atoms with Gasteiger partial charge in [-0.1, -0.05) is 27.7 Å². The number of carbonyl (C=O) groups is 1. The number of ether oxygens (including phenoxy) is 4. The summed E-state index contributed by atoms with van der Waals surface area (Å²) in [4.78, 5) is 14.0. The Morgan fingerprint density at radius 2 is 1.00 bits per heavy atom. The zero-order chi connectivity index (χ0) is 24.2. The summed E-state index contributed by atoms with van der Waals surface area (Å²) in [6.07, 6.45) is 1.23. The van der Waals surface area contributed by atoms with Crippen molar-refractivity contribution in [3.63, 3.8) is 0 Å². The molecule has 0 heterocycles. The fraction of sp³-hybridized carbons (Fsp3) is 0.480. The van der Waals surface area contributed by atoms with E-state index in [4.69, 9.17) is 30.4 Å². The first kappa shape index (κ1) is 25.2. The van der Waals surface area contributed by atoms with E-state index in [9.17, 15) is 4.79 Å². The Bertz CT molecular complexity index is 906. The number of nitrogens with two attached hydrogens (primary N) is 2. The molecule has 0 unspecified atom stereocenters. The van der Waals surface area contributed by atoms with E-state index in [1.807, 2.05) is 0 Å². The topological polar surface area (TPSA) is 106 Å². The van der Waals surface area contributed by atoms with Crippen molar-refractivity contribution < 1.29 is 23.7 Å². The molecule has 32 heavy (non-hydrogen) atoms. The Balaban J connectivity index is 2.87. The first-order valence-electron chi connectivity index (χ1n) is 10.7. The van der Waals surface area contributed by atoms with E-state index in [1.165, 1.54) is 14.2 Å². The van der Waals surface area contributed by atoms with Crippen LogP contribution in [0, 0.1) is 11.8 Å². The molecule has 0 radical (unpaired) electrons. The second kappa shape index (κ2) is 10.5. The van der Waals surface area contributed by atoms with Crippen molar-refractivity contribution in [2.24, 2.45) is 11.8 Å². The van der Waals surface area contributed by atoms with Crippen LogP contribution in [-0.4, -0.2) is 34.2 Å². The summed E-state index contributed by atoms with van der Waals surface area (Å²) < 4.78 is 22.2. The largest absolute Gasteiger partial charge is 0.492 e. The van der Waals surface area contributed by atoms with Crippen LogP contribution < -0.4 is 30.4 Å². The van der Waals surface area contributed by atoms with Crippen molar-refractivity contribution in [1.29, 1.82) is 0 Å². The normalized spacial score (nSPS) is 11.1.